The number of carbonyl (C=O) groups excluding carboxylic acids is 2. The molecule has 1 saturated carbocycles. The number of rotatable bonds is 8. The molecule has 0 atom stereocenters. The first-order valence-corrected chi connectivity index (χ1v) is 10.9. The van der Waals surface area contributed by atoms with Crippen LogP contribution in [0.5, 0.6) is 0 Å². The standard InChI is InChI=1S/C25H24F3N3O2/c1-16-7-9-18(10-8-16)23(32)19-5-2-3-6-20(19)24(33)29-13-4-14-31-21(17-11-12-17)15-22(30-31)25(26,27)28/h2-3,5-10,15,17H,4,11-14H2,1H3,(H,29,33). The molecule has 1 aliphatic rings. The lowest BCUT2D eigenvalue weighted by atomic mass is 9.97. The van der Waals surface area contributed by atoms with Gasteiger partial charge < -0.3 is 5.32 Å². The van der Waals surface area contributed by atoms with E-state index >= 15 is 0 Å². The number of amides is 1. The third-order valence-corrected chi connectivity index (χ3v) is 5.66. The Balaban J connectivity index is 1.39. The number of ketones is 1. The molecule has 1 N–H and O–H groups in total. The Morgan fingerprint density at radius 3 is 2.36 bits per heavy atom. The van der Waals surface area contributed by atoms with Crippen molar-refractivity contribution in [2.24, 2.45) is 0 Å². The molecule has 0 radical (unpaired) electrons. The van der Waals surface area contributed by atoms with Gasteiger partial charge in [0.1, 0.15) is 0 Å². The fourth-order valence-corrected chi connectivity index (χ4v) is 3.72. The van der Waals surface area contributed by atoms with Gasteiger partial charge in [-0.3, -0.25) is 14.3 Å². The van der Waals surface area contributed by atoms with Crippen LogP contribution in [0.25, 0.3) is 0 Å². The number of halogens is 3. The van der Waals surface area contributed by atoms with Crippen molar-refractivity contribution in [1.29, 1.82) is 0 Å². The van der Waals surface area contributed by atoms with Gasteiger partial charge in [0.05, 0.1) is 5.56 Å². The van der Waals surface area contributed by atoms with E-state index in [4.69, 9.17) is 0 Å². The van der Waals surface area contributed by atoms with E-state index in [1.165, 1.54) is 4.68 Å². The van der Waals surface area contributed by atoms with E-state index in [0.29, 0.717) is 23.2 Å². The molecule has 1 fully saturated rings. The molecule has 0 spiro atoms. The summed E-state index contributed by atoms with van der Waals surface area (Å²) in [6.07, 6.45) is -2.33. The molecule has 3 aromatic rings. The van der Waals surface area contributed by atoms with E-state index in [-0.39, 0.29) is 30.4 Å². The smallest absolute Gasteiger partial charge is 0.352 e. The topological polar surface area (TPSA) is 64.0 Å². The van der Waals surface area contributed by atoms with Crippen molar-refractivity contribution in [3.63, 3.8) is 0 Å². The zero-order valence-corrected chi connectivity index (χ0v) is 18.2. The Morgan fingerprint density at radius 2 is 1.73 bits per heavy atom. The van der Waals surface area contributed by atoms with Gasteiger partial charge in [-0.25, -0.2) is 0 Å². The second kappa shape index (κ2) is 9.21. The van der Waals surface area contributed by atoms with Crippen molar-refractivity contribution in [2.75, 3.05) is 6.54 Å². The van der Waals surface area contributed by atoms with Gasteiger partial charge in [-0.15, -0.1) is 0 Å². The van der Waals surface area contributed by atoms with E-state index in [9.17, 15) is 22.8 Å². The molecule has 5 nitrogen and oxygen atoms in total. The molecule has 1 amide bonds. The van der Waals surface area contributed by atoms with Gasteiger partial charge in [-0.05, 0) is 38.3 Å². The molecule has 0 bridgehead atoms. The summed E-state index contributed by atoms with van der Waals surface area (Å²) in [5.41, 5.74) is 1.81. The van der Waals surface area contributed by atoms with Gasteiger partial charge in [0.15, 0.2) is 11.5 Å². The third-order valence-electron chi connectivity index (χ3n) is 5.66. The van der Waals surface area contributed by atoms with Crippen LogP contribution < -0.4 is 5.32 Å². The molecule has 172 valence electrons. The molecule has 1 heterocycles. The lowest BCUT2D eigenvalue weighted by molar-refractivity contribution is -0.141. The van der Waals surface area contributed by atoms with E-state index in [2.05, 4.69) is 10.4 Å². The Morgan fingerprint density at radius 1 is 1.06 bits per heavy atom. The molecule has 0 saturated heterocycles. The normalized spacial score (nSPS) is 13.7. The number of carbonyl (C=O) groups is 2. The van der Waals surface area contributed by atoms with Gasteiger partial charge in [0.2, 0.25) is 0 Å². The summed E-state index contributed by atoms with van der Waals surface area (Å²) in [4.78, 5) is 25.7. The highest BCUT2D eigenvalue weighted by Gasteiger charge is 2.37. The largest absolute Gasteiger partial charge is 0.435 e. The van der Waals surface area contributed by atoms with Crippen LogP contribution in [0.4, 0.5) is 13.2 Å². The summed E-state index contributed by atoms with van der Waals surface area (Å²) in [6, 6.07) is 14.8. The average Bonchev–Trinajstić information content (AvgIpc) is 3.54. The Bertz CT molecular complexity index is 1160. The quantitative estimate of drug-likeness (QED) is 0.378. The van der Waals surface area contributed by atoms with E-state index < -0.39 is 17.8 Å². The molecule has 1 aliphatic carbocycles. The van der Waals surface area contributed by atoms with Crippen molar-refractivity contribution in [1.82, 2.24) is 15.1 Å². The minimum Gasteiger partial charge on any atom is -0.352 e. The SMILES string of the molecule is Cc1ccc(C(=O)c2ccccc2C(=O)NCCCn2nc(C(F)(F)F)cc2C2CC2)cc1. The number of hydrogen-bond acceptors (Lipinski definition) is 3. The first kappa shape index (κ1) is 22.8. The lowest BCUT2D eigenvalue weighted by Gasteiger charge is -2.11. The molecule has 0 unspecified atom stereocenters. The van der Waals surface area contributed by atoms with E-state index in [1.807, 2.05) is 19.1 Å². The van der Waals surface area contributed by atoms with Gasteiger partial charge in [-0.2, -0.15) is 18.3 Å². The summed E-state index contributed by atoms with van der Waals surface area (Å²) < 4.78 is 40.5. The van der Waals surface area contributed by atoms with Gasteiger partial charge in [-0.1, -0.05) is 48.0 Å². The highest BCUT2D eigenvalue weighted by molar-refractivity contribution is 6.15. The van der Waals surface area contributed by atoms with Crippen LogP contribution in [0.2, 0.25) is 0 Å². The molecule has 8 heteroatoms. The Labute approximate surface area is 189 Å². The third kappa shape index (κ3) is 5.32. The molecular formula is C25H24F3N3O2. The number of nitrogens with zero attached hydrogens (tertiary/aromatic N) is 2. The monoisotopic (exact) mass is 455 g/mol. The van der Waals surface area contributed by atoms with Crippen LogP contribution in [-0.4, -0.2) is 28.0 Å². The summed E-state index contributed by atoms with van der Waals surface area (Å²) in [6.45, 7) is 2.44. The van der Waals surface area contributed by atoms with Crippen LogP contribution >= 0.6 is 0 Å². The summed E-state index contributed by atoms with van der Waals surface area (Å²) in [7, 11) is 0. The van der Waals surface area contributed by atoms with Crippen molar-refractivity contribution < 1.29 is 22.8 Å². The van der Waals surface area contributed by atoms with Gasteiger partial charge in [0, 0.05) is 35.8 Å². The minimum atomic E-state index is -4.48. The number of aromatic nitrogens is 2. The molecule has 2 aromatic carbocycles. The Hall–Kier alpha value is -3.42. The van der Waals surface area contributed by atoms with Crippen molar-refractivity contribution in [3.8, 4) is 0 Å². The maximum absolute atomic E-state index is 13.0. The first-order valence-electron chi connectivity index (χ1n) is 10.9. The van der Waals surface area contributed by atoms with Gasteiger partial charge >= 0.3 is 6.18 Å². The lowest BCUT2D eigenvalue weighted by Crippen LogP contribution is -2.27. The van der Waals surface area contributed by atoms with E-state index in [1.54, 1.807) is 36.4 Å². The van der Waals surface area contributed by atoms with Crippen LogP contribution in [0, 0.1) is 6.92 Å². The second-order valence-electron chi connectivity index (χ2n) is 8.30. The van der Waals surface area contributed by atoms with Crippen LogP contribution in [-0.2, 0) is 12.7 Å². The fraction of sp³-hybridized carbons (Fsp3) is 0.320. The molecule has 1 aromatic heterocycles. The number of hydrogen-bond donors (Lipinski definition) is 1. The zero-order chi connectivity index (χ0) is 23.6. The van der Waals surface area contributed by atoms with Crippen molar-refractivity contribution in [3.05, 3.63) is 88.2 Å². The number of benzene rings is 2. The second-order valence-corrected chi connectivity index (χ2v) is 8.30. The maximum atomic E-state index is 13.0. The van der Waals surface area contributed by atoms with Crippen molar-refractivity contribution >= 4 is 11.7 Å². The highest BCUT2D eigenvalue weighted by Crippen LogP contribution is 2.42. The first-order chi connectivity index (χ1) is 15.7. The highest BCUT2D eigenvalue weighted by atomic mass is 19.4. The average molecular weight is 455 g/mol. The number of alkyl halides is 3. The minimum absolute atomic E-state index is 0.128. The number of aryl methyl sites for hydroxylation is 2. The van der Waals surface area contributed by atoms with Crippen LogP contribution in [0.3, 0.4) is 0 Å². The van der Waals surface area contributed by atoms with Crippen LogP contribution in [0.15, 0.2) is 54.6 Å². The van der Waals surface area contributed by atoms with Crippen molar-refractivity contribution in [2.45, 2.75) is 44.8 Å². The summed E-state index contributed by atoms with van der Waals surface area (Å²) in [5, 5.41) is 6.50. The van der Waals surface area contributed by atoms with Gasteiger partial charge in [0.25, 0.3) is 5.91 Å². The molecule has 33 heavy (non-hydrogen) atoms. The van der Waals surface area contributed by atoms with Crippen LogP contribution in [0.1, 0.15) is 68.4 Å². The molecule has 4 rings (SSSR count). The fourth-order valence-electron chi connectivity index (χ4n) is 3.72. The van der Waals surface area contributed by atoms with E-state index in [0.717, 1.165) is 24.5 Å². The summed E-state index contributed by atoms with van der Waals surface area (Å²) in [5.74, 6) is -0.515. The zero-order valence-electron chi connectivity index (χ0n) is 18.2. The maximum Gasteiger partial charge on any atom is 0.435 e. The Kier molecular flexibility index (Phi) is 6.35. The predicted molar refractivity (Wildman–Crippen MR) is 117 cm³/mol. The molecule has 0 aliphatic heterocycles. The number of nitrogens with one attached hydrogen (secondary N) is 1. The molecular weight excluding hydrogens is 431 g/mol. The summed E-state index contributed by atoms with van der Waals surface area (Å²) >= 11 is 0. The predicted octanol–water partition coefficient (Wildman–Crippen LogP) is 5.14.